The van der Waals surface area contributed by atoms with Crippen molar-refractivity contribution in [3.63, 3.8) is 0 Å². The van der Waals surface area contributed by atoms with Gasteiger partial charge in [0.1, 0.15) is 17.5 Å². The zero-order valence-corrected chi connectivity index (χ0v) is 15.5. The minimum atomic E-state index is -0.779. The van der Waals surface area contributed by atoms with Gasteiger partial charge in [0.25, 0.3) is 5.91 Å². The molecule has 0 heterocycles. The van der Waals surface area contributed by atoms with Gasteiger partial charge in [0.15, 0.2) is 0 Å². The first-order valence-electron chi connectivity index (χ1n) is 8.91. The fourth-order valence-corrected chi connectivity index (χ4v) is 2.75. The lowest BCUT2D eigenvalue weighted by atomic mass is 10.1. The molecule has 0 fully saturated rings. The van der Waals surface area contributed by atoms with E-state index in [0.29, 0.717) is 23.5 Å². The Hall–Kier alpha value is -3.60. The van der Waals surface area contributed by atoms with Crippen molar-refractivity contribution < 1.29 is 19.1 Å². The number of carbonyl (C=O) groups is 2. The molecule has 1 amide bonds. The Morgan fingerprint density at radius 2 is 1.50 bits per heavy atom. The average molecular weight is 375 g/mol. The monoisotopic (exact) mass is 375 g/mol. The third kappa shape index (κ3) is 5.20. The van der Waals surface area contributed by atoms with Gasteiger partial charge in [0.2, 0.25) is 0 Å². The van der Waals surface area contributed by atoms with Crippen molar-refractivity contribution in [3.8, 4) is 11.5 Å². The minimum Gasteiger partial charge on any atom is -0.467 e. The van der Waals surface area contributed by atoms with E-state index in [1.807, 2.05) is 60.7 Å². The van der Waals surface area contributed by atoms with Crippen molar-refractivity contribution in [1.29, 1.82) is 0 Å². The van der Waals surface area contributed by atoms with Crippen LogP contribution in [0.4, 0.5) is 0 Å². The van der Waals surface area contributed by atoms with Crippen molar-refractivity contribution in [2.45, 2.75) is 12.5 Å². The van der Waals surface area contributed by atoms with Crippen LogP contribution in [-0.4, -0.2) is 25.0 Å². The number of hydrogen-bond donors (Lipinski definition) is 1. The molecule has 3 rings (SSSR count). The second-order valence-corrected chi connectivity index (χ2v) is 6.18. The number of nitrogens with one attached hydrogen (secondary N) is 1. The summed E-state index contributed by atoms with van der Waals surface area (Å²) in [6.45, 7) is 0. The number of amides is 1. The smallest absolute Gasteiger partial charge is 0.328 e. The first kappa shape index (κ1) is 19.2. The Balaban J connectivity index is 1.72. The Bertz CT molecular complexity index is 926. The highest BCUT2D eigenvalue weighted by Crippen LogP contribution is 2.22. The van der Waals surface area contributed by atoms with Crippen LogP contribution in [0.1, 0.15) is 15.9 Å². The summed E-state index contributed by atoms with van der Waals surface area (Å²) in [6, 6.07) is 24.8. The van der Waals surface area contributed by atoms with Gasteiger partial charge in [0.05, 0.1) is 7.11 Å². The summed E-state index contributed by atoms with van der Waals surface area (Å²) in [6.07, 6.45) is 0.347. The van der Waals surface area contributed by atoms with E-state index in [-0.39, 0.29) is 5.91 Å². The zero-order valence-electron chi connectivity index (χ0n) is 15.5. The van der Waals surface area contributed by atoms with Crippen molar-refractivity contribution in [2.24, 2.45) is 0 Å². The Morgan fingerprint density at radius 1 is 0.857 bits per heavy atom. The summed E-state index contributed by atoms with van der Waals surface area (Å²) < 4.78 is 10.6. The van der Waals surface area contributed by atoms with E-state index < -0.39 is 12.0 Å². The number of carbonyl (C=O) groups excluding carboxylic acids is 2. The molecular formula is C23H21NO4. The quantitative estimate of drug-likeness (QED) is 0.634. The molecule has 0 aliphatic carbocycles. The molecule has 0 radical (unpaired) electrons. The summed E-state index contributed by atoms with van der Waals surface area (Å²) in [7, 11) is 1.31. The molecular weight excluding hydrogens is 354 g/mol. The van der Waals surface area contributed by atoms with E-state index in [0.717, 1.165) is 5.56 Å². The second kappa shape index (κ2) is 9.37. The Morgan fingerprint density at radius 3 is 2.18 bits per heavy atom. The van der Waals surface area contributed by atoms with Crippen molar-refractivity contribution in [2.75, 3.05) is 7.11 Å². The van der Waals surface area contributed by atoms with Gasteiger partial charge < -0.3 is 14.8 Å². The number of esters is 1. The summed E-state index contributed by atoms with van der Waals surface area (Å²) in [5, 5.41) is 2.75. The Kier molecular flexibility index (Phi) is 6.41. The predicted octanol–water partition coefficient (Wildman–Crippen LogP) is 3.99. The molecule has 0 saturated carbocycles. The van der Waals surface area contributed by atoms with Crippen LogP contribution in [0.5, 0.6) is 11.5 Å². The van der Waals surface area contributed by atoms with E-state index in [2.05, 4.69) is 5.32 Å². The first-order valence-corrected chi connectivity index (χ1v) is 8.91. The van der Waals surface area contributed by atoms with Gasteiger partial charge in [-0.1, -0.05) is 54.6 Å². The van der Waals surface area contributed by atoms with E-state index in [9.17, 15) is 9.59 Å². The summed E-state index contributed by atoms with van der Waals surface area (Å²) in [5.41, 5.74) is 1.33. The molecule has 0 aliphatic rings. The Labute approximate surface area is 163 Å². The maximum Gasteiger partial charge on any atom is 0.328 e. The third-order valence-corrected chi connectivity index (χ3v) is 4.15. The molecule has 5 heteroatoms. The summed E-state index contributed by atoms with van der Waals surface area (Å²) in [5.74, 6) is 0.354. The molecule has 142 valence electrons. The van der Waals surface area contributed by atoms with E-state index in [1.54, 1.807) is 24.3 Å². The van der Waals surface area contributed by atoms with E-state index in [4.69, 9.17) is 9.47 Å². The third-order valence-electron chi connectivity index (χ3n) is 4.15. The number of ether oxygens (including phenoxy) is 2. The topological polar surface area (TPSA) is 64.6 Å². The maximum atomic E-state index is 12.7. The maximum absolute atomic E-state index is 12.7. The minimum absolute atomic E-state index is 0.347. The lowest BCUT2D eigenvalue weighted by molar-refractivity contribution is -0.142. The largest absolute Gasteiger partial charge is 0.467 e. The SMILES string of the molecule is COC(=O)[C@H](Cc1ccccc1)NC(=O)c1cccc(Oc2ccccc2)c1. The molecule has 1 atom stereocenters. The molecule has 3 aromatic rings. The molecule has 0 aromatic heterocycles. The van der Waals surface area contributed by atoms with Crippen LogP contribution in [0.2, 0.25) is 0 Å². The molecule has 5 nitrogen and oxygen atoms in total. The molecule has 3 aromatic carbocycles. The summed E-state index contributed by atoms with van der Waals surface area (Å²) in [4.78, 5) is 24.8. The fourth-order valence-electron chi connectivity index (χ4n) is 2.75. The summed E-state index contributed by atoms with van der Waals surface area (Å²) >= 11 is 0. The zero-order chi connectivity index (χ0) is 19.8. The lowest BCUT2D eigenvalue weighted by Crippen LogP contribution is -2.43. The number of para-hydroxylation sites is 1. The average Bonchev–Trinajstić information content (AvgIpc) is 2.74. The van der Waals surface area contributed by atoms with Crippen LogP contribution in [0.3, 0.4) is 0 Å². The number of methoxy groups -OCH3 is 1. The molecule has 0 aliphatic heterocycles. The van der Waals surface area contributed by atoms with Crippen LogP contribution in [0.15, 0.2) is 84.9 Å². The standard InChI is InChI=1S/C23H21NO4/c1-27-23(26)21(15-17-9-4-2-5-10-17)24-22(25)18-11-8-14-20(16-18)28-19-12-6-3-7-13-19/h2-14,16,21H,15H2,1H3,(H,24,25)/t21-/m0/s1. The van der Waals surface area contributed by atoms with Crippen molar-refractivity contribution in [1.82, 2.24) is 5.32 Å². The highest BCUT2D eigenvalue weighted by molar-refractivity contribution is 5.97. The van der Waals surface area contributed by atoms with Crippen LogP contribution in [-0.2, 0) is 16.0 Å². The molecule has 1 N–H and O–H groups in total. The highest BCUT2D eigenvalue weighted by atomic mass is 16.5. The lowest BCUT2D eigenvalue weighted by Gasteiger charge is -2.17. The molecule has 0 saturated heterocycles. The fraction of sp³-hybridized carbons (Fsp3) is 0.130. The molecule has 28 heavy (non-hydrogen) atoms. The highest BCUT2D eigenvalue weighted by Gasteiger charge is 2.22. The van der Waals surface area contributed by atoms with Crippen LogP contribution < -0.4 is 10.1 Å². The molecule has 0 unspecified atom stereocenters. The van der Waals surface area contributed by atoms with Gasteiger partial charge in [-0.3, -0.25) is 4.79 Å². The number of rotatable bonds is 7. The van der Waals surface area contributed by atoms with Crippen LogP contribution in [0.25, 0.3) is 0 Å². The van der Waals surface area contributed by atoms with Gasteiger partial charge >= 0.3 is 5.97 Å². The van der Waals surface area contributed by atoms with Crippen LogP contribution in [0, 0.1) is 0 Å². The van der Waals surface area contributed by atoms with E-state index >= 15 is 0 Å². The normalized spacial score (nSPS) is 11.3. The van der Waals surface area contributed by atoms with Crippen molar-refractivity contribution in [3.05, 3.63) is 96.1 Å². The van der Waals surface area contributed by atoms with Gasteiger partial charge in [-0.2, -0.15) is 0 Å². The first-order chi connectivity index (χ1) is 13.7. The molecule has 0 spiro atoms. The number of benzene rings is 3. The van der Waals surface area contributed by atoms with Gasteiger partial charge in [-0.25, -0.2) is 4.79 Å². The second-order valence-electron chi connectivity index (χ2n) is 6.18. The van der Waals surface area contributed by atoms with Gasteiger partial charge in [-0.05, 0) is 35.9 Å². The molecule has 0 bridgehead atoms. The van der Waals surface area contributed by atoms with E-state index in [1.165, 1.54) is 7.11 Å². The number of hydrogen-bond acceptors (Lipinski definition) is 4. The predicted molar refractivity (Wildman–Crippen MR) is 106 cm³/mol. The van der Waals surface area contributed by atoms with Crippen molar-refractivity contribution >= 4 is 11.9 Å². The van der Waals surface area contributed by atoms with Crippen LogP contribution >= 0.6 is 0 Å². The van der Waals surface area contributed by atoms with Gasteiger partial charge in [0, 0.05) is 12.0 Å². The van der Waals surface area contributed by atoms with Gasteiger partial charge in [-0.15, -0.1) is 0 Å².